The quantitative estimate of drug-likeness (QED) is 0.0197. The summed E-state index contributed by atoms with van der Waals surface area (Å²) in [7, 11) is 1.16. The zero-order chi connectivity index (χ0) is 42.1. The number of unbranched alkanes of at least 4 members (excludes halogenated alkanes) is 22. The highest BCUT2D eigenvalue weighted by molar-refractivity contribution is 7.45. The van der Waals surface area contributed by atoms with Gasteiger partial charge in [-0.05, 0) is 51.4 Å². The number of quaternary nitrogens is 1. The molecule has 0 aromatic carbocycles. The molecule has 0 aliphatic carbocycles. The van der Waals surface area contributed by atoms with Crippen LogP contribution in [0.15, 0.2) is 36.5 Å². The number of hydrogen-bond acceptors (Lipinski definition) is 8. The van der Waals surface area contributed by atoms with Crippen LogP contribution in [-0.2, 0) is 32.7 Å². The zero-order valence-electron chi connectivity index (χ0n) is 37.5. The maximum absolute atomic E-state index is 12.6. The average molecular weight is 826 g/mol. The summed E-state index contributed by atoms with van der Waals surface area (Å²) in [5.41, 5.74) is 0. The standard InChI is InChI=1S/C47H88NO8P/c1-6-8-10-12-14-15-16-17-18-19-20-21-22-23-24-25-26-27-28-29-30-31-32-33-34-36-38-40-47(50)56-45(43-53-46(49)39-37-35-13-11-9-7-2)44-55-57(51,52)54-42-41-48(3,4)5/h16-17,19-20,22-23,45H,6-15,18,21,24-44H2,1-5H3/b17-16-,20-19-,23-22-. The Bertz CT molecular complexity index is 1070. The molecule has 0 heterocycles. The molecule has 0 saturated carbocycles. The lowest BCUT2D eigenvalue weighted by molar-refractivity contribution is -0.870. The second-order valence-corrected chi connectivity index (χ2v) is 18.2. The Kier molecular flexibility index (Phi) is 38.4. The first-order valence-corrected chi connectivity index (χ1v) is 24.7. The van der Waals surface area contributed by atoms with Gasteiger partial charge in [-0.15, -0.1) is 0 Å². The second-order valence-electron chi connectivity index (χ2n) is 16.8. The Morgan fingerprint density at radius 1 is 0.544 bits per heavy atom. The van der Waals surface area contributed by atoms with Crippen LogP contribution in [0.5, 0.6) is 0 Å². The minimum Gasteiger partial charge on any atom is -0.756 e. The molecule has 334 valence electrons. The number of hydrogen-bond donors (Lipinski definition) is 0. The van der Waals surface area contributed by atoms with Gasteiger partial charge < -0.3 is 27.9 Å². The molecule has 0 rings (SSSR count). The molecule has 0 bridgehead atoms. The highest BCUT2D eigenvalue weighted by Crippen LogP contribution is 2.38. The van der Waals surface area contributed by atoms with Gasteiger partial charge in [-0.1, -0.05) is 172 Å². The molecule has 0 saturated heterocycles. The van der Waals surface area contributed by atoms with E-state index < -0.39 is 32.5 Å². The van der Waals surface area contributed by atoms with Crippen molar-refractivity contribution in [3.63, 3.8) is 0 Å². The number of allylic oxidation sites excluding steroid dienone is 6. The summed E-state index contributed by atoms with van der Waals surface area (Å²) in [4.78, 5) is 37.3. The molecule has 10 heteroatoms. The van der Waals surface area contributed by atoms with E-state index in [0.717, 1.165) is 64.2 Å². The smallest absolute Gasteiger partial charge is 0.306 e. The molecule has 0 aromatic rings. The monoisotopic (exact) mass is 826 g/mol. The molecular weight excluding hydrogens is 737 g/mol. The van der Waals surface area contributed by atoms with Crippen LogP contribution in [0.4, 0.5) is 0 Å². The SMILES string of the molecule is CCCCCCC/C=C\C/C=C\C/C=C\CCCCCCCCCCCCCCC(=O)OC(COC(=O)CCCCCCCC)COP(=O)([O-])OCC[N+](C)(C)C. The predicted molar refractivity (Wildman–Crippen MR) is 236 cm³/mol. The minimum absolute atomic E-state index is 0.0306. The van der Waals surface area contributed by atoms with Gasteiger partial charge >= 0.3 is 11.9 Å². The van der Waals surface area contributed by atoms with Gasteiger partial charge in [0.05, 0.1) is 27.7 Å². The van der Waals surface area contributed by atoms with Crippen molar-refractivity contribution in [2.45, 2.75) is 206 Å². The maximum atomic E-state index is 12.6. The summed E-state index contributed by atoms with van der Waals surface area (Å²) < 4.78 is 33.7. The molecule has 2 unspecified atom stereocenters. The molecule has 0 radical (unpaired) electrons. The van der Waals surface area contributed by atoms with E-state index >= 15 is 0 Å². The summed E-state index contributed by atoms with van der Waals surface area (Å²) in [5, 5.41) is 0. The maximum Gasteiger partial charge on any atom is 0.306 e. The van der Waals surface area contributed by atoms with Crippen molar-refractivity contribution >= 4 is 19.8 Å². The molecule has 0 spiro atoms. The zero-order valence-corrected chi connectivity index (χ0v) is 38.4. The van der Waals surface area contributed by atoms with Crippen LogP contribution in [-0.4, -0.2) is 70.0 Å². The van der Waals surface area contributed by atoms with Gasteiger partial charge in [0.25, 0.3) is 7.82 Å². The van der Waals surface area contributed by atoms with Crippen LogP contribution < -0.4 is 4.89 Å². The second kappa shape index (κ2) is 39.7. The fraction of sp³-hybridized carbons (Fsp3) is 0.830. The third-order valence-electron chi connectivity index (χ3n) is 9.91. The van der Waals surface area contributed by atoms with Crippen LogP contribution >= 0.6 is 7.82 Å². The molecular formula is C47H88NO8P. The lowest BCUT2D eigenvalue weighted by Crippen LogP contribution is -2.37. The molecule has 9 nitrogen and oxygen atoms in total. The first-order valence-electron chi connectivity index (χ1n) is 23.2. The normalized spacial score (nSPS) is 13.9. The van der Waals surface area contributed by atoms with E-state index in [1.54, 1.807) is 0 Å². The summed E-state index contributed by atoms with van der Waals surface area (Å²) in [6.07, 6.45) is 45.0. The Labute approximate surface area is 351 Å². The van der Waals surface area contributed by atoms with E-state index in [-0.39, 0.29) is 26.1 Å². The number of phosphoric acid groups is 1. The largest absolute Gasteiger partial charge is 0.756 e. The number of nitrogens with zero attached hydrogens (tertiary/aromatic N) is 1. The highest BCUT2D eigenvalue weighted by atomic mass is 31.2. The van der Waals surface area contributed by atoms with Gasteiger partial charge in [-0.3, -0.25) is 14.2 Å². The van der Waals surface area contributed by atoms with Gasteiger partial charge in [-0.2, -0.15) is 0 Å². The van der Waals surface area contributed by atoms with E-state index in [9.17, 15) is 19.0 Å². The van der Waals surface area contributed by atoms with E-state index in [0.29, 0.717) is 17.4 Å². The third-order valence-corrected chi connectivity index (χ3v) is 10.9. The van der Waals surface area contributed by atoms with Crippen molar-refractivity contribution in [2.75, 3.05) is 47.5 Å². The van der Waals surface area contributed by atoms with Crippen molar-refractivity contribution in [2.24, 2.45) is 0 Å². The van der Waals surface area contributed by atoms with Crippen LogP contribution in [0.25, 0.3) is 0 Å². The number of phosphoric ester groups is 1. The van der Waals surface area contributed by atoms with Crippen molar-refractivity contribution in [3.05, 3.63) is 36.5 Å². The molecule has 0 aliphatic rings. The lowest BCUT2D eigenvalue weighted by Gasteiger charge is -2.28. The number of esters is 2. The Balaban J connectivity index is 4.05. The molecule has 57 heavy (non-hydrogen) atoms. The van der Waals surface area contributed by atoms with E-state index in [4.69, 9.17) is 18.5 Å². The van der Waals surface area contributed by atoms with Crippen LogP contribution in [0.3, 0.4) is 0 Å². The molecule has 0 N–H and O–H groups in total. The van der Waals surface area contributed by atoms with Gasteiger partial charge in [-0.25, -0.2) is 0 Å². The fourth-order valence-corrected chi connectivity index (χ4v) is 6.98. The number of carbonyl (C=O) groups excluding carboxylic acids is 2. The molecule has 0 aliphatic heterocycles. The Morgan fingerprint density at radius 3 is 1.40 bits per heavy atom. The highest BCUT2D eigenvalue weighted by Gasteiger charge is 2.21. The van der Waals surface area contributed by atoms with Gasteiger partial charge in [0.2, 0.25) is 0 Å². The summed E-state index contributed by atoms with van der Waals surface area (Å²) in [5.74, 6) is -0.844. The van der Waals surface area contributed by atoms with Gasteiger partial charge in [0.15, 0.2) is 6.10 Å². The van der Waals surface area contributed by atoms with Gasteiger partial charge in [0, 0.05) is 12.8 Å². The van der Waals surface area contributed by atoms with Crippen LogP contribution in [0, 0.1) is 0 Å². The van der Waals surface area contributed by atoms with E-state index in [2.05, 4.69) is 50.3 Å². The fourth-order valence-electron chi connectivity index (χ4n) is 6.25. The summed E-state index contributed by atoms with van der Waals surface area (Å²) in [6.45, 7) is 4.15. The van der Waals surface area contributed by atoms with Gasteiger partial charge in [0.1, 0.15) is 19.8 Å². The first-order chi connectivity index (χ1) is 27.5. The van der Waals surface area contributed by atoms with Crippen molar-refractivity contribution in [1.82, 2.24) is 0 Å². The molecule has 0 aromatic heterocycles. The lowest BCUT2D eigenvalue weighted by atomic mass is 10.0. The Hall–Kier alpha value is -1.77. The molecule has 2 atom stereocenters. The van der Waals surface area contributed by atoms with Crippen LogP contribution in [0.1, 0.15) is 200 Å². The van der Waals surface area contributed by atoms with Crippen molar-refractivity contribution < 1.29 is 42.1 Å². The number of likely N-dealkylation sites (N-methyl/N-ethyl adjacent to an activating group) is 1. The summed E-state index contributed by atoms with van der Waals surface area (Å²) >= 11 is 0. The third kappa shape index (κ3) is 43.6. The summed E-state index contributed by atoms with van der Waals surface area (Å²) in [6, 6.07) is 0. The predicted octanol–water partition coefficient (Wildman–Crippen LogP) is 12.7. The Morgan fingerprint density at radius 2 is 0.947 bits per heavy atom. The number of rotatable bonds is 42. The van der Waals surface area contributed by atoms with Crippen molar-refractivity contribution in [3.8, 4) is 0 Å². The van der Waals surface area contributed by atoms with Crippen LogP contribution in [0.2, 0.25) is 0 Å². The average Bonchev–Trinajstić information content (AvgIpc) is 3.16. The molecule has 0 amide bonds. The minimum atomic E-state index is -4.61. The topological polar surface area (TPSA) is 111 Å². The number of ether oxygens (including phenoxy) is 2. The van der Waals surface area contributed by atoms with Crippen molar-refractivity contribution in [1.29, 1.82) is 0 Å². The van der Waals surface area contributed by atoms with E-state index in [1.165, 1.54) is 103 Å². The number of carbonyl (C=O) groups is 2. The van der Waals surface area contributed by atoms with E-state index in [1.807, 2.05) is 21.1 Å². The first kappa shape index (κ1) is 55.2. The molecule has 0 fully saturated rings.